The molecule has 2 aromatic rings. The highest BCUT2D eigenvalue weighted by atomic mass is 79.9. The number of H-pyrrole nitrogens is 1. The van der Waals surface area contributed by atoms with Gasteiger partial charge in [-0.3, -0.25) is 0 Å². The van der Waals surface area contributed by atoms with Crippen molar-refractivity contribution in [3.8, 4) is 17.1 Å². The quantitative estimate of drug-likeness (QED) is 0.912. The molecule has 0 aliphatic carbocycles. The lowest BCUT2D eigenvalue weighted by molar-refractivity contribution is 0.276. The second kappa shape index (κ2) is 5.33. The Kier molecular flexibility index (Phi) is 3.81. The molecule has 90 valence electrons. The molecule has 17 heavy (non-hydrogen) atoms. The summed E-state index contributed by atoms with van der Waals surface area (Å²) in [6.45, 7) is 2.51. The van der Waals surface area contributed by atoms with Gasteiger partial charge in [0.25, 0.3) is 0 Å². The lowest BCUT2D eigenvalue weighted by Crippen LogP contribution is -1.91. The molecule has 2 N–H and O–H groups in total. The molecule has 2 rings (SSSR count). The van der Waals surface area contributed by atoms with Crippen LogP contribution in [0.5, 0.6) is 5.75 Å². The van der Waals surface area contributed by atoms with Gasteiger partial charge in [0.15, 0.2) is 0 Å². The molecule has 0 aliphatic rings. The molecule has 0 radical (unpaired) electrons. The van der Waals surface area contributed by atoms with Gasteiger partial charge in [-0.25, -0.2) is 4.98 Å². The Labute approximate surface area is 108 Å². The minimum Gasteiger partial charge on any atom is -0.494 e. The van der Waals surface area contributed by atoms with Crippen LogP contribution < -0.4 is 4.74 Å². The maximum Gasteiger partial charge on any atom is 0.139 e. The number of aliphatic hydroxyl groups is 1. The van der Waals surface area contributed by atoms with Crippen LogP contribution in [0.1, 0.15) is 12.6 Å². The normalized spacial score (nSPS) is 10.5. The van der Waals surface area contributed by atoms with Crippen LogP contribution >= 0.6 is 15.9 Å². The molecule has 0 amide bonds. The fourth-order valence-corrected chi connectivity index (χ4v) is 1.93. The largest absolute Gasteiger partial charge is 0.494 e. The number of nitrogens with one attached hydrogen (secondary N) is 1. The van der Waals surface area contributed by atoms with E-state index in [-0.39, 0.29) is 6.61 Å². The van der Waals surface area contributed by atoms with Gasteiger partial charge in [0.2, 0.25) is 0 Å². The summed E-state index contributed by atoms with van der Waals surface area (Å²) in [5, 5.41) is 9.09. The summed E-state index contributed by atoms with van der Waals surface area (Å²) in [7, 11) is 0. The number of nitrogens with zero attached hydrogens (tertiary/aromatic N) is 1. The standard InChI is InChI=1S/C12H13BrN2O2/c1-2-17-9-5-3-4-8(6-9)12-14-10(7-16)11(13)15-12/h3-6,16H,2,7H2,1H3,(H,14,15). The number of ether oxygens (including phenoxy) is 1. The Hall–Kier alpha value is -1.33. The molecule has 0 fully saturated rings. The molecule has 5 heteroatoms. The van der Waals surface area contributed by atoms with Gasteiger partial charge in [-0.1, -0.05) is 12.1 Å². The second-order valence-corrected chi connectivity index (χ2v) is 4.22. The van der Waals surface area contributed by atoms with E-state index in [0.29, 0.717) is 22.7 Å². The predicted octanol–water partition coefficient (Wildman–Crippen LogP) is 2.73. The zero-order chi connectivity index (χ0) is 12.3. The maximum absolute atomic E-state index is 9.09. The average Bonchev–Trinajstić information content (AvgIpc) is 2.71. The highest BCUT2D eigenvalue weighted by molar-refractivity contribution is 9.10. The SMILES string of the molecule is CCOc1cccc(-c2nc(Br)c(CO)[nH]2)c1. The number of aromatic amines is 1. The summed E-state index contributed by atoms with van der Waals surface area (Å²) in [6, 6.07) is 7.66. The highest BCUT2D eigenvalue weighted by Gasteiger charge is 2.09. The summed E-state index contributed by atoms with van der Waals surface area (Å²) < 4.78 is 6.06. The Balaban J connectivity index is 2.34. The van der Waals surface area contributed by atoms with Gasteiger partial charge in [0, 0.05) is 5.56 Å². The van der Waals surface area contributed by atoms with E-state index in [9.17, 15) is 0 Å². The van der Waals surface area contributed by atoms with Crippen LogP contribution in [-0.4, -0.2) is 21.7 Å². The van der Waals surface area contributed by atoms with Gasteiger partial charge in [0.1, 0.15) is 16.2 Å². The minimum absolute atomic E-state index is 0.0707. The van der Waals surface area contributed by atoms with E-state index in [1.807, 2.05) is 31.2 Å². The van der Waals surface area contributed by atoms with Gasteiger partial charge >= 0.3 is 0 Å². The number of hydrogen-bond donors (Lipinski definition) is 2. The van der Waals surface area contributed by atoms with Crippen LogP contribution in [0.15, 0.2) is 28.9 Å². The first-order valence-corrected chi connectivity index (χ1v) is 6.12. The summed E-state index contributed by atoms with van der Waals surface area (Å²) in [5.41, 5.74) is 1.60. The van der Waals surface area contributed by atoms with Crippen molar-refractivity contribution in [2.75, 3.05) is 6.61 Å². The van der Waals surface area contributed by atoms with E-state index in [1.165, 1.54) is 0 Å². The van der Waals surface area contributed by atoms with Gasteiger partial charge < -0.3 is 14.8 Å². The van der Waals surface area contributed by atoms with Crippen molar-refractivity contribution in [3.05, 3.63) is 34.6 Å². The van der Waals surface area contributed by atoms with Crippen LogP contribution in [0.3, 0.4) is 0 Å². The molecule has 0 atom stereocenters. The van der Waals surface area contributed by atoms with E-state index < -0.39 is 0 Å². The molecule has 4 nitrogen and oxygen atoms in total. The smallest absolute Gasteiger partial charge is 0.139 e. The van der Waals surface area contributed by atoms with Crippen molar-refractivity contribution in [2.45, 2.75) is 13.5 Å². The summed E-state index contributed by atoms with van der Waals surface area (Å²) in [4.78, 5) is 7.35. The first-order valence-electron chi connectivity index (χ1n) is 5.33. The fourth-order valence-electron chi connectivity index (χ4n) is 1.53. The number of aliphatic hydroxyl groups excluding tert-OH is 1. The zero-order valence-corrected chi connectivity index (χ0v) is 11.0. The number of rotatable bonds is 4. The molecule has 0 saturated carbocycles. The Morgan fingerprint density at radius 2 is 2.29 bits per heavy atom. The second-order valence-electron chi connectivity index (χ2n) is 3.47. The van der Waals surface area contributed by atoms with Gasteiger partial charge in [-0.15, -0.1) is 0 Å². The highest BCUT2D eigenvalue weighted by Crippen LogP contribution is 2.24. The topological polar surface area (TPSA) is 58.1 Å². The third-order valence-corrected chi connectivity index (χ3v) is 2.96. The summed E-state index contributed by atoms with van der Waals surface area (Å²) >= 11 is 3.29. The lowest BCUT2D eigenvalue weighted by atomic mass is 10.2. The van der Waals surface area contributed by atoms with Crippen LogP contribution in [0.2, 0.25) is 0 Å². The maximum atomic E-state index is 9.09. The third kappa shape index (κ3) is 2.68. The monoisotopic (exact) mass is 296 g/mol. The zero-order valence-electron chi connectivity index (χ0n) is 9.40. The molecule has 1 heterocycles. The van der Waals surface area contributed by atoms with Gasteiger partial charge in [-0.2, -0.15) is 0 Å². The van der Waals surface area contributed by atoms with Crippen LogP contribution in [0.4, 0.5) is 0 Å². The molecule has 0 saturated heterocycles. The average molecular weight is 297 g/mol. The molecule has 0 bridgehead atoms. The van der Waals surface area contributed by atoms with Crippen LogP contribution in [0.25, 0.3) is 11.4 Å². The van der Waals surface area contributed by atoms with Crippen molar-refractivity contribution >= 4 is 15.9 Å². The van der Waals surface area contributed by atoms with E-state index in [2.05, 4.69) is 25.9 Å². The van der Waals surface area contributed by atoms with E-state index >= 15 is 0 Å². The minimum atomic E-state index is -0.0707. The Morgan fingerprint density at radius 3 is 2.94 bits per heavy atom. The van der Waals surface area contributed by atoms with Gasteiger partial charge in [-0.05, 0) is 35.0 Å². The first-order chi connectivity index (χ1) is 8.24. The number of halogens is 1. The van der Waals surface area contributed by atoms with E-state index in [0.717, 1.165) is 11.3 Å². The predicted molar refractivity (Wildman–Crippen MR) is 68.8 cm³/mol. The molecule has 0 unspecified atom stereocenters. The van der Waals surface area contributed by atoms with Crippen molar-refractivity contribution in [1.29, 1.82) is 0 Å². The molecular formula is C12H13BrN2O2. The summed E-state index contributed by atoms with van der Waals surface area (Å²) in [5.74, 6) is 1.52. The Morgan fingerprint density at radius 1 is 1.47 bits per heavy atom. The van der Waals surface area contributed by atoms with Crippen molar-refractivity contribution in [2.24, 2.45) is 0 Å². The van der Waals surface area contributed by atoms with Crippen molar-refractivity contribution in [3.63, 3.8) is 0 Å². The summed E-state index contributed by atoms with van der Waals surface area (Å²) in [6.07, 6.45) is 0. The number of benzene rings is 1. The van der Waals surface area contributed by atoms with Crippen LogP contribution in [-0.2, 0) is 6.61 Å². The Bertz CT molecular complexity index is 511. The van der Waals surface area contributed by atoms with Crippen molar-refractivity contribution < 1.29 is 9.84 Å². The first kappa shape index (κ1) is 12.1. The molecule has 0 aliphatic heterocycles. The fraction of sp³-hybridized carbons (Fsp3) is 0.250. The molecule has 1 aromatic carbocycles. The van der Waals surface area contributed by atoms with E-state index in [4.69, 9.17) is 9.84 Å². The third-order valence-electron chi connectivity index (χ3n) is 2.30. The molecule has 1 aromatic heterocycles. The lowest BCUT2D eigenvalue weighted by Gasteiger charge is -2.03. The number of aromatic nitrogens is 2. The van der Waals surface area contributed by atoms with Gasteiger partial charge in [0.05, 0.1) is 18.9 Å². The van der Waals surface area contributed by atoms with Crippen LogP contribution in [0, 0.1) is 0 Å². The van der Waals surface area contributed by atoms with E-state index in [1.54, 1.807) is 0 Å². The molecular weight excluding hydrogens is 284 g/mol. The number of imidazole rings is 1. The van der Waals surface area contributed by atoms with Crippen molar-refractivity contribution in [1.82, 2.24) is 9.97 Å². The number of hydrogen-bond acceptors (Lipinski definition) is 3. The molecule has 0 spiro atoms.